The second kappa shape index (κ2) is 5.49. The fraction of sp³-hybridized carbons (Fsp3) is 0.833. The highest BCUT2D eigenvalue weighted by Crippen LogP contribution is 2.29. The van der Waals surface area contributed by atoms with Gasteiger partial charge in [-0.2, -0.15) is 0 Å². The molecule has 1 rings (SSSR count). The molecule has 0 aliphatic heterocycles. The Kier molecular flexibility index (Phi) is 4.51. The van der Waals surface area contributed by atoms with E-state index in [2.05, 4.69) is 5.32 Å². The van der Waals surface area contributed by atoms with Crippen LogP contribution in [0.5, 0.6) is 0 Å². The molecule has 3 N–H and O–H groups in total. The first-order valence-electron chi connectivity index (χ1n) is 6.33. The Morgan fingerprint density at radius 3 is 2.24 bits per heavy atom. The molecule has 0 aromatic heterocycles. The maximum atomic E-state index is 11.9. The minimum Gasteiger partial charge on any atom is -0.343 e. The maximum absolute atomic E-state index is 11.9. The van der Waals surface area contributed by atoms with Crippen LogP contribution in [0.3, 0.4) is 0 Å². The first kappa shape index (κ1) is 14.0. The van der Waals surface area contributed by atoms with Crippen LogP contribution in [-0.4, -0.2) is 41.4 Å². The standard InChI is InChI=1S/C12H23N3O2/c1-4-15(5-2)10(16)9(3)14-11(17)12(13)7-6-8-12/h9H,4-8,13H2,1-3H3,(H,14,17). The van der Waals surface area contributed by atoms with Crippen molar-refractivity contribution in [2.24, 2.45) is 5.73 Å². The van der Waals surface area contributed by atoms with Crippen LogP contribution in [-0.2, 0) is 9.59 Å². The third-order valence-corrected chi connectivity index (χ3v) is 3.49. The monoisotopic (exact) mass is 241 g/mol. The average Bonchev–Trinajstić information content (AvgIpc) is 2.27. The Labute approximate surface area is 103 Å². The van der Waals surface area contributed by atoms with Gasteiger partial charge < -0.3 is 16.0 Å². The fourth-order valence-electron chi connectivity index (χ4n) is 2.00. The van der Waals surface area contributed by atoms with E-state index in [1.165, 1.54) is 0 Å². The van der Waals surface area contributed by atoms with E-state index in [0.29, 0.717) is 25.9 Å². The predicted octanol–water partition coefficient (Wildman–Crippen LogP) is 0.241. The first-order valence-corrected chi connectivity index (χ1v) is 6.33. The zero-order chi connectivity index (χ0) is 13.1. The molecule has 0 heterocycles. The molecular weight excluding hydrogens is 218 g/mol. The van der Waals surface area contributed by atoms with Gasteiger partial charge in [-0.1, -0.05) is 0 Å². The lowest BCUT2D eigenvalue weighted by Crippen LogP contribution is -2.61. The summed E-state index contributed by atoms with van der Waals surface area (Å²) in [6, 6.07) is -0.497. The molecule has 0 spiro atoms. The van der Waals surface area contributed by atoms with E-state index in [1.807, 2.05) is 13.8 Å². The minimum absolute atomic E-state index is 0.0497. The van der Waals surface area contributed by atoms with Crippen LogP contribution in [0.1, 0.15) is 40.0 Å². The third kappa shape index (κ3) is 2.97. The molecule has 0 saturated heterocycles. The van der Waals surface area contributed by atoms with Crippen molar-refractivity contribution in [3.05, 3.63) is 0 Å². The number of rotatable bonds is 5. The summed E-state index contributed by atoms with van der Waals surface area (Å²) >= 11 is 0. The van der Waals surface area contributed by atoms with Crippen molar-refractivity contribution in [3.63, 3.8) is 0 Å². The molecule has 5 heteroatoms. The van der Waals surface area contributed by atoms with Crippen molar-refractivity contribution >= 4 is 11.8 Å². The predicted molar refractivity (Wildman–Crippen MR) is 66.3 cm³/mol. The normalized spacial score (nSPS) is 19.1. The first-order chi connectivity index (χ1) is 7.94. The Balaban J connectivity index is 2.50. The molecule has 17 heavy (non-hydrogen) atoms. The molecule has 5 nitrogen and oxygen atoms in total. The van der Waals surface area contributed by atoms with Crippen LogP contribution in [0.4, 0.5) is 0 Å². The highest BCUT2D eigenvalue weighted by Gasteiger charge is 2.41. The Hall–Kier alpha value is -1.10. The molecule has 0 bridgehead atoms. The lowest BCUT2D eigenvalue weighted by molar-refractivity contribution is -0.138. The van der Waals surface area contributed by atoms with Gasteiger partial charge in [0.15, 0.2) is 0 Å². The lowest BCUT2D eigenvalue weighted by atomic mass is 9.77. The van der Waals surface area contributed by atoms with Crippen LogP contribution in [0.25, 0.3) is 0 Å². The number of carbonyl (C=O) groups excluding carboxylic acids is 2. The molecule has 0 aromatic carbocycles. The number of likely N-dealkylation sites (N-methyl/N-ethyl adjacent to an activating group) is 1. The number of hydrogen-bond donors (Lipinski definition) is 2. The van der Waals surface area contributed by atoms with Crippen molar-refractivity contribution in [1.29, 1.82) is 0 Å². The SMILES string of the molecule is CCN(CC)C(=O)C(C)NC(=O)C1(N)CCC1. The summed E-state index contributed by atoms with van der Waals surface area (Å²) in [5.74, 6) is -0.247. The second-order valence-corrected chi connectivity index (χ2v) is 4.72. The Morgan fingerprint density at radius 1 is 1.35 bits per heavy atom. The van der Waals surface area contributed by atoms with Gasteiger partial charge in [-0.15, -0.1) is 0 Å². The maximum Gasteiger partial charge on any atom is 0.244 e. The summed E-state index contributed by atoms with van der Waals surface area (Å²) in [6.45, 7) is 6.87. The van der Waals surface area contributed by atoms with Crippen LogP contribution >= 0.6 is 0 Å². The molecule has 1 saturated carbocycles. The summed E-state index contributed by atoms with van der Waals surface area (Å²) < 4.78 is 0. The molecular formula is C12H23N3O2. The van der Waals surface area contributed by atoms with Crippen molar-refractivity contribution in [1.82, 2.24) is 10.2 Å². The van der Waals surface area contributed by atoms with E-state index < -0.39 is 11.6 Å². The molecule has 1 aliphatic carbocycles. The molecule has 98 valence electrons. The van der Waals surface area contributed by atoms with Crippen molar-refractivity contribution in [2.45, 2.75) is 51.6 Å². The number of nitrogens with two attached hydrogens (primary N) is 1. The van der Waals surface area contributed by atoms with Gasteiger partial charge in [0.25, 0.3) is 0 Å². The van der Waals surface area contributed by atoms with Crippen LogP contribution in [0.15, 0.2) is 0 Å². The highest BCUT2D eigenvalue weighted by atomic mass is 16.2. The topological polar surface area (TPSA) is 75.4 Å². The van der Waals surface area contributed by atoms with E-state index in [-0.39, 0.29) is 11.8 Å². The molecule has 1 atom stereocenters. The summed E-state index contributed by atoms with van der Waals surface area (Å²) in [7, 11) is 0. The number of amides is 2. The van der Waals surface area contributed by atoms with Gasteiger partial charge in [0.1, 0.15) is 6.04 Å². The summed E-state index contributed by atoms with van der Waals surface area (Å²) in [6.07, 6.45) is 2.41. The smallest absolute Gasteiger partial charge is 0.244 e. The summed E-state index contributed by atoms with van der Waals surface area (Å²) in [5, 5.41) is 2.72. The zero-order valence-corrected chi connectivity index (χ0v) is 11.0. The summed E-state index contributed by atoms with van der Waals surface area (Å²) in [4.78, 5) is 25.5. The fourth-order valence-corrected chi connectivity index (χ4v) is 2.00. The van der Waals surface area contributed by atoms with Gasteiger partial charge >= 0.3 is 0 Å². The number of carbonyl (C=O) groups is 2. The van der Waals surface area contributed by atoms with Gasteiger partial charge in [0.2, 0.25) is 11.8 Å². The van der Waals surface area contributed by atoms with Gasteiger partial charge in [0, 0.05) is 13.1 Å². The molecule has 0 radical (unpaired) electrons. The third-order valence-electron chi connectivity index (χ3n) is 3.49. The summed E-state index contributed by atoms with van der Waals surface area (Å²) in [5.41, 5.74) is 5.16. The van der Waals surface area contributed by atoms with E-state index in [4.69, 9.17) is 5.73 Å². The largest absolute Gasteiger partial charge is 0.343 e. The van der Waals surface area contributed by atoms with E-state index >= 15 is 0 Å². The van der Waals surface area contributed by atoms with Crippen LogP contribution in [0.2, 0.25) is 0 Å². The van der Waals surface area contributed by atoms with E-state index in [1.54, 1.807) is 11.8 Å². The average molecular weight is 241 g/mol. The highest BCUT2D eigenvalue weighted by molar-refractivity contribution is 5.92. The minimum atomic E-state index is -0.738. The molecule has 2 amide bonds. The van der Waals surface area contributed by atoms with Crippen molar-refractivity contribution in [3.8, 4) is 0 Å². The molecule has 0 aromatic rings. The van der Waals surface area contributed by atoms with E-state index in [0.717, 1.165) is 6.42 Å². The van der Waals surface area contributed by atoms with Crippen molar-refractivity contribution in [2.75, 3.05) is 13.1 Å². The van der Waals surface area contributed by atoms with Gasteiger partial charge in [-0.05, 0) is 40.0 Å². The molecule has 1 unspecified atom stereocenters. The Bertz CT molecular complexity index is 296. The van der Waals surface area contributed by atoms with Gasteiger partial charge in [-0.25, -0.2) is 0 Å². The number of hydrogen-bond acceptors (Lipinski definition) is 3. The van der Waals surface area contributed by atoms with Crippen LogP contribution in [0, 0.1) is 0 Å². The Morgan fingerprint density at radius 2 is 1.88 bits per heavy atom. The van der Waals surface area contributed by atoms with Gasteiger partial charge in [-0.3, -0.25) is 9.59 Å². The van der Waals surface area contributed by atoms with E-state index in [9.17, 15) is 9.59 Å². The quantitative estimate of drug-likeness (QED) is 0.724. The zero-order valence-electron chi connectivity index (χ0n) is 11.0. The second-order valence-electron chi connectivity index (χ2n) is 4.72. The van der Waals surface area contributed by atoms with Gasteiger partial charge in [0.05, 0.1) is 5.54 Å². The molecule has 1 aliphatic rings. The number of nitrogens with one attached hydrogen (secondary N) is 1. The molecule has 1 fully saturated rings. The lowest BCUT2D eigenvalue weighted by Gasteiger charge is -2.37. The number of nitrogens with zero attached hydrogens (tertiary/aromatic N) is 1. The van der Waals surface area contributed by atoms with Crippen molar-refractivity contribution < 1.29 is 9.59 Å². The van der Waals surface area contributed by atoms with Crippen LogP contribution < -0.4 is 11.1 Å².